The van der Waals surface area contributed by atoms with Crippen LogP contribution in [0.5, 0.6) is 5.75 Å². The zero-order chi connectivity index (χ0) is 20.8. The van der Waals surface area contributed by atoms with E-state index in [2.05, 4.69) is 10.6 Å². The first-order chi connectivity index (χ1) is 13.1. The van der Waals surface area contributed by atoms with Gasteiger partial charge < -0.3 is 20.1 Å². The molecule has 0 spiro atoms. The summed E-state index contributed by atoms with van der Waals surface area (Å²) < 4.78 is 33.3. The predicted molar refractivity (Wildman–Crippen MR) is 101 cm³/mol. The Morgan fingerprint density at radius 2 is 1.93 bits per heavy atom. The van der Waals surface area contributed by atoms with Crippen molar-refractivity contribution in [1.82, 2.24) is 10.6 Å². The van der Waals surface area contributed by atoms with Crippen LogP contribution in [0.3, 0.4) is 0 Å². The molecule has 1 aliphatic heterocycles. The van der Waals surface area contributed by atoms with E-state index in [0.29, 0.717) is 18.8 Å². The van der Waals surface area contributed by atoms with Gasteiger partial charge in [0.1, 0.15) is 12.3 Å². The summed E-state index contributed by atoms with van der Waals surface area (Å²) in [6, 6.07) is 6.61. The molecule has 1 aliphatic rings. The van der Waals surface area contributed by atoms with Crippen LogP contribution in [0.2, 0.25) is 0 Å². The third-order valence-electron chi connectivity index (χ3n) is 4.13. The molecule has 154 valence electrons. The van der Waals surface area contributed by atoms with E-state index in [0.717, 1.165) is 0 Å². The average Bonchev–Trinajstić information content (AvgIpc) is 2.91. The quantitative estimate of drug-likeness (QED) is 0.578. The summed E-state index contributed by atoms with van der Waals surface area (Å²) in [5.41, 5.74) is -0.579. The third kappa shape index (κ3) is 6.22. The molecule has 0 unspecified atom stereocenters. The highest BCUT2D eigenvalue weighted by molar-refractivity contribution is 7.91. The number of hydrogen-bond acceptors (Lipinski definition) is 7. The minimum Gasteiger partial charge on any atom is -0.493 e. The molecule has 28 heavy (non-hydrogen) atoms. The van der Waals surface area contributed by atoms with Crippen LogP contribution in [0.1, 0.15) is 30.6 Å². The zero-order valence-electron chi connectivity index (χ0n) is 15.8. The second-order valence-corrected chi connectivity index (χ2v) is 8.91. The molecule has 1 saturated heterocycles. The first kappa shape index (κ1) is 21.7. The van der Waals surface area contributed by atoms with Gasteiger partial charge in [0.2, 0.25) is 0 Å². The highest BCUT2D eigenvalue weighted by Gasteiger charge is 2.39. The molecule has 1 heterocycles. The Hall–Kier alpha value is -2.62. The van der Waals surface area contributed by atoms with Crippen molar-refractivity contribution in [3.05, 3.63) is 29.8 Å². The molecule has 1 aromatic rings. The lowest BCUT2D eigenvalue weighted by Crippen LogP contribution is -2.48. The SMILES string of the molecule is CCOc1ccccc1C(=O)NCC(=O)OCC(=O)N[C@@]1(C)CCS(=O)(=O)C1. The largest absolute Gasteiger partial charge is 0.493 e. The molecule has 1 fully saturated rings. The van der Waals surface area contributed by atoms with Crippen molar-refractivity contribution >= 4 is 27.6 Å². The van der Waals surface area contributed by atoms with Gasteiger partial charge in [0.05, 0.1) is 29.2 Å². The summed E-state index contributed by atoms with van der Waals surface area (Å²) in [5, 5.41) is 4.99. The lowest BCUT2D eigenvalue weighted by Gasteiger charge is -2.23. The number of rotatable bonds is 8. The van der Waals surface area contributed by atoms with Crippen molar-refractivity contribution in [2.24, 2.45) is 0 Å². The fourth-order valence-electron chi connectivity index (χ4n) is 2.86. The summed E-state index contributed by atoms with van der Waals surface area (Å²) in [6.07, 6.45) is 0.310. The maximum Gasteiger partial charge on any atom is 0.325 e. The standard InChI is InChI=1S/C18H24N2O7S/c1-3-26-14-7-5-4-6-13(14)17(23)19-10-16(22)27-11-15(21)20-18(2)8-9-28(24,25)12-18/h4-7H,3,8-12H2,1-2H3,(H,19,23)(H,20,21)/t18-/m0/s1. The highest BCUT2D eigenvalue weighted by Crippen LogP contribution is 2.22. The molecular formula is C18H24N2O7S. The second-order valence-electron chi connectivity index (χ2n) is 6.72. The van der Waals surface area contributed by atoms with E-state index in [4.69, 9.17) is 9.47 Å². The Morgan fingerprint density at radius 1 is 1.21 bits per heavy atom. The van der Waals surface area contributed by atoms with Crippen molar-refractivity contribution in [3.8, 4) is 5.75 Å². The minimum absolute atomic E-state index is 0.0127. The van der Waals surface area contributed by atoms with E-state index < -0.39 is 46.3 Å². The number of sulfone groups is 1. The van der Waals surface area contributed by atoms with Crippen molar-refractivity contribution in [1.29, 1.82) is 0 Å². The summed E-state index contributed by atoms with van der Waals surface area (Å²) >= 11 is 0. The van der Waals surface area contributed by atoms with Crippen molar-refractivity contribution in [2.75, 3.05) is 31.3 Å². The molecule has 1 atom stereocenters. The van der Waals surface area contributed by atoms with Crippen LogP contribution in [0.4, 0.5) is 0 Å². The number of nitrogens with one attached hydrogen (secondary N) is 2. The third-order valence-corrected chi connectivity index (χ3v) is 6.04. The van der Waals surface area contributed by atoms with Gasteiger partial charge in [-0.25, -0.2) is 8.42 Å². The van der Waals surface area contributed by atoms with E-state index in [1.165, 1.54) is 0 Å². The van der Waals surface area contributed by atoms with E-state index in [1.807, 2.05) is 0 Å². The molecule has 10 heteroatoms. The molecule has 0 aliphatic carbocycles. The van der Waals surface area contributed by atoms with E-state index in [9.17, 15) is 22.8 Å². The number of hydrogen-bond donors (Lipinski definition) is 2. The summed E-state index contributed by atoms with van der Waals surface area (Å²) in [4.78, 5) is 35.9. The number of carbonyl (C=O) groups excluding carboxylic acids is 3. The first-order valence-electron chi connectivity index (χ1n) is 8.81. The molecule has 0 saturated carbocycles. The minimum atomic E-state index is -3.16. The monoisotopic (exact) mass is 412 g/mol. The molecule has 0 aromatic heterocycles. The van der Waals surface area contributed by atoms with E-state index in [-0.39, 0.29) is 17.1 Å². The van der Waals surface area contributed by atoms with Gasteiger partial charge >= 0.3 is 5.97 Å². The number of benzene rings is 1. The topological polar surface area (TPSA) is 128 Å². The van der Waals surface area contributed by atoms with Crippen LogP contribution in [-0.4, -0.2) is 63.0 Å². The van der Waals surface area contributed by atoms with Crippen molar-refractivity contribution in [2.45, 2.75) is 25.8 Å². The van der Waals surface area contributed by atoms with Crippen LogP contribution in [0.15, 0.2) is 24.3 Å². The van der Waals surface area contributed by atoms with Crippen molar-refractivity contribution < 1.29 is 32.3 Å². The molecule has 0 radical (unpaired) electrons. The normalized spacial score (nSPS) is 20.2. The Balaban J connectivity index is 1.77. The summed E-state index contributed by atoms with van der Waals surface area (Å²) in [5.74, 6) is -1.62. The van der Waals surface area contributed by atoms with Gasteiger partial charge in [-0.1, -0.05) is 12.1 Å². The number of amides is 2. The Morgan fingerprint density at radius 3 is 2.57 bits per heavy atom. The maximum atomic E-state index is 12.2. The van der Waals surface area contributed by atoms with E-state index >= 15 is 0 Å². The van der Waals surface area contributed by atoms with Crippen LogP contribution in [0.25, 0.3) is 0 Å². The number of ether oxygens (including phenoxy) is 2. The fraction of sp³-hybridized carbons (Fsp3) is 0.500. The van der Waals surface area contributed by atoms with Crippen LogP contribution < -0.4 is 15.4 Å². The molecular weight excluding hydrogens is 388 g/mol. The van der Waals surface area contributed by atoms with Gasteiger partial charge in [-0.15, -0.1) is 0 Å². The van der Waals surface area contributed by atoms with E-state index in [1.54, 1.807) is 38.1 Å². The maximum absolute atomic E-state index is 12.2. The average molecular weight is 412 g/mol. The Bertz CT molecular complexity index is 853. The zero-order valence-corrected chi connectivity index (χ0v) is 16.6. The predicted octanol–water partition coefficient (Wildman–Crippen LogP) is 0.0517. The molecule has 2 amide bonds. The molecule has 0 bridgehead atoms. The lowest BCUT2D eigenvalue weighted by atomic mass is 10.0. The lowest BCUT2D eigenvalue weighted by molar-refractivity contribution is -0.147. The van der Waals surface area contributed by atoms with Gasteiger partial charge in [0.25, 0.3) is 11.8 Å². The van der Waals surface area contributed by atoms with Crippen LogP contribution >= 0.6 is 0 Å². The van der Waals surface area contributed by atoms with Crippen molar-refractivity contribution in [3.63, 3.8) is 0 Å². The molecule has 9 nitrogen and oxygen atoms in total. The first-order valence-corrected chi connectivity index (χ1v) is 10.6. The Labute approximate surface area is 163 Å². The van der Waals surface area contributed by atoms with Crippen LogP contribution in [-0.2, 0) is 24.2 Å². The Kier molecular flexibility index (Phi) is 7.00. The second kappa shape index (κ2) is 9.05. The number of esters is 1. The molecule has 2 N–H and O–H groups in total. The van der Waals surface area contributed by atoms with Crippen LogP contribution in [0, 0.1) is 0 Å². The number of carbonyl (C=O) groups is 3. The van der Waals surface area contributed by atoms with Gasteiger partial charge in [-0.2, -0.15) is 0 Å². The smallest absolute Gasteiger partial charge is 0.325 e. The van der Waals surface area contributed by atoms with Gasteiger partial charge in [0, 0.05) is 0 Å². The summed E-state index contributed by atoms with van der Waals surface area (Å²) in [7, 11) is -3.16. The molecule has 1 aromatic carbocycles. The van der Waals surface area contributed by atoms with Gasteiger partial charge in [-0.05, 0) is 32.4 Å². The number of para-hydroxylation sites is 1. The molecule has 2 rings (SSSR count). The highest BCUT2D eigenvalue weighted by atomic mass is 32.2. The van der Waals surface area contributed by atoms with Gasteiger partial charge in [-0.3, -0.25) is 14.4 Å². The summed E-state index contributed by atoms with van der Waals surface area (Å²) in [6.45, 7) is 2.84. The fourth-order valence-corrected chi connectivity index (χ4v) is 4.96. The van der Waals surface area contributed by atoms with Gasteiger partial charge in [0.15, 0.2) is 16.4 Å².